The van der Waals surface area contributed by atoms with Crippen LogP contribution < -0.4 is 14.2 Å². The maximum absolute atomic E-state index is 12.3. The van der Waals surface area contributed by atoms with E-state index in [1.54, 1.807) is 26.4 Å². The van der Waals surface area contributed by atoms with Gasteiger partial charge < -0.3 is 19.0 Å². The molecule has 5 nitrogen and oxygen atoms in total. The largest absolute Gasteiger partial charge is 0.496 e. The third-order valence-electron chi connectivity index (χ3n) is 5.56. The van der Waals surface area contributed by atoms with E-state index in [1.807, 2.05) is 30.3 Å². The highest BCUT2D eigenvalue weighted by Crippen LogP contribution is 2.46. The third kappa shape index (κ3) is 4.73. The number of carbonyl (C=O) groups excluding carboxylic acids is 1. The van der Waals surface area contributed by atoms with E-state index in [2.05, 4.69) is 11.8 Å². The molecule has 1 aliphatic heterocycles. The predicted molar refractivity (Wildman–Crippen MR) is 109 cm³/mol. The second-order valence-electron chi connectivity index (χ2n) is 7.45. The minimum Gasteiger partial charge on any atom is -0.496 e. The van der Waals surface area contributed by atoms with Crippen LogP contribution in [0.4, 0.5) is 8.78 Å². The molecule has 1 heterocycles. The maximum atomic E-state index is 12.3. The number of carbonyl (C=O) groups is 1. The normalized spacial score (nSPS) is 21.6. The number of rotatable bonds is 9. The number of benzene rings is 2. The van der Waals surface area contributed by atoms with Crippen molar-refractivity contribution in [2.75, 3.05) is 20.8 Å². The summed E-state index contributed by atoms with van der Waals surface area (Å²) >= 11 is 0. The molecule has 1 fully saturated rings. The van der Waals surface area contributed by atoms with Crippen LogP contribution in [0.2, 0.25) is 0 Å². The zero-order valence-corrected chi connectivity index (χ0v) is 17.4. The number of methoxy groups -OCH3 is 2. The Morgan fingerprint density at radius 1 is 1.10 bits per heavy atom. The molecule has 1 saturated heterocycles. The minimum atomic E-state index is -2.51. The van der Waals surface area contributed by atoms with Gasteiger partial charge in [0, 0.05) is 12.6 Å². The monoisotopic (exact) mass is 419 g/mol. The van der Waals surface area contributed by atoms with Crippen LogP contribution in [0.15, 0.2) is 42.5 Å². The second kappa shape index (κ2) is 9.89. The van der Waals surface area contributed by atoms with Gasteiger partial charge in [0.2, 0.25) is 0 Å². The lowest BCUT2D eigenvalue weighted by molar-refractivity contribution is -0.113. The summed E-state index contributed by atoms with van der Waals surface area (Å²) < 4.78 is 40.9. The predicted octanol–water partition coefficient (Wildman–Crippen LogP) is 4.50. The number of halogens is 2. The van der Waals surface area contributed by atoms with Crippen molar-refractivity contribution in [3.63, 3.8) is 0 Å². The zero-order chi connectivity index (χ0) is 21.7. The Balaban J connectivity index is 1.88. The average Bonchev–Trinajstić information content (AvgIpc) is 3.06. The first-order valence-electron chi connectivity index (χ1n) is 9.90. The van der Waals surface area contributed by atoms with E-state index in [-0.39, 0.29) is 18.0 Å². The first-order valence-corrected chi connectivity index (χ1v) is 9.90. The summed E-state index contributed by atoms with van der Waals surface area (Å²) in [6.45, 7) is 1.95. The quantitative estimate of drug-likeness (QED) is 0.560. The number of likely N-dealkylation sites (tertiary alicyclic amines) is 1. The van der Waals surface area contributed by atoms with E-state index in [9.17, 15) is 13.6 Å². The van der Waals surface area contributed by atoms with Gasteiger partial charge in [0.05, 0.1) is 25.8 Å². The summed E-state index contributed by atoms with van der Waals surface area (Å²) in [4.78, 5) is 14.1. The SMILES string of the molecule is COc1cccc(OC)c1C1CC(C)C(C=O)N1Cc1ccc(OCC(F)F)cc1. The highest BCUT2D eigenvalue weighted by molar-refractivity contribution is 5.60. The average molecular weight is 419 g/mol. The fraction of sp³-hybridized carbons (Fsp3) is 0.435. The van der Waals surface area contributed by atoms with Gasteiger partial charge in [-0.2, -0.15) is 0 Å². The van der Waals surface area contributed by atoms with E-state index in [0.29, 0.717) is 12.3 Å². The van der Waals surface area contributed by atoms with Gasteiger partial charge in [0.15, 0.2) is 0 Å². The second-order valence-corrected chi connectivity index (χ2v) is 7.45. The number of ether oxygens (including phenoxy) is 3. The molecule has 7 heteroatoms. The molecular formula is C23H27F2NO4. The molecule has 0 N–H and O–H groups in total. The standard InChI is InChI=1S/C23H27F2NO4/c1-15-11-18(23-20(28-2)5-4-6-21(23)29-3)26(19(15)13-27)12-16-7-9-17(10-8-16)30-14-22(24)25/h4-10,13,15,18-19,22H,11-12,14H2,1-3H3. The van der Waals surface area contributed by atoms with Crippen LogP contribution in [0.25, 0.3) is 0 Å². The molecule has 0 spiro atoms. The molecule has 3 rings (SSSR count). The first kappa shape index (κ1) is 22.0. The Labute approximate surface area is 175 Å². The number of hydrogen-bond donors (Lipinski definition) is 0. The molecule has 0 aromatic heterocycles. The third-order valence-corrected chi connectivity index (χ3v) is 5.56. The highest BCUT2D eigenvalue weighted by atomic mass is 19.3. The molecule has 0 amide bonds. The van der Waals surface area contributed by atoms with E-state index in [1.165, 1.54) is 0 Å². The van der Waals surface area contributed by atoms with Crippen LogP contribution in [0.5, 0.6) is 17.2 Å². The van der Waals surface area contributed by atoms with Gasteiger partial charge >= 0.3 is 0 Å². The smallest absolute Gasteiger partial charge is 0.272 e. The molecule has 162 valence electrons. The molecule has 0 saturated carbocycles. The van der Waals surface area contributed by atoms with Crippen LogP contribution in [-0.4, -0.2) is 44.5 Å². The van der Waals surface area contributed by atoms with Crippen LogP contribution in [-0.2, 0) is 11.3 Å². The summed E-state index contributed by atoms with van der Waals surface area (Å²) in [5.41, 5.74) is 1.88. The molecule has 2 aromatic rings. The summed E-state index contributed by atoms with van der Waals surface area (Å²) in [5.74, 6) is 2.00. The first-order chi connectivity index (χ1) is 14.5. The van der Waals surface area contributed by atoms with Gasteiger partial charge in [-0.3, -0.25) is 4.90 Å². The number of hydrogen-bond acceptors (Lipinski definition) is 5. The van der Waals surface area contributed by atoms with Crippen molar-refractivity contribution in [1.82, 2.24) is 4.90 Å². The van der Waals surface area contributed by atoms with Gasteiger partial charge in [0.25, 0.3) is 6.43 Å². The van der Waals surface area contributed by atoms with Crippen molar-refractivity contribution >= 4 is 6.29 Å². The molecule has 3 unspecified atom stereocenters. The van der Waals surface area contributed by atoms with Gasteiger partial charge in [-0.1, -0.05) is 25.1 Å². The van der Waals surface area contributed by atoms with E-state index < -0.39 is 13.0 Å². The van der Waals surface area contributed by atoms with Gasteiger partial charge in [0.1, 0.15) is 30.1 Å². The molecule has 1 aliphatic rings. The van der Waals surface area contributed by atoms with Crippen molar-refractivity contribution in [2.45, 2.75) is 38.4 Å². The van der Waals surface area contributed by atoms with E-state index in [0.717, 1.165) is 35.3 Å². The fourth-order valence-corrected chi connectivity index (χ4v) is 4.14. The maximum Gasteiger partial charge on any atom is 0.272 e. The summed E-state index contributed by atoms with van der Waals surface area (Å²) in [5, 5.41) is 0. The Morgan fingerprint density at radius 3 is 2.27 bits per heavy atom. The Bertz CT molecular complexity index is 821. The molecule has 30 heavy (non-hydrogen) atoms. The van der Waals surface area contributed by atoms with Gasteiger partial charge in [-0.05, 0) is 42.2 Å². The van der Waals surface area contributed by atoms with Gasteiger partial charge in [-0.25, -0.2) is 8.78 Å². The lowest BCUT2D eigenvalue weighted by Crippen LogP contribution is -2.34. The fourth-order valence-electron chi connectivity index (χ4n) is 4.14. The number of aldehydes is 1. The van der Waals surface area contributed by atoms with E-state index >= 15 is 0 Å². The highest BCUT2D eigenvalue weighted by Gasteiger charge is 2.41. The summed E-state index contributed by atoms with van der Waals surface area (Å²) in [6, 6.07) is 12.4. The lowest BCUT2D eigenvalue weighted by Gasteiger charge is -2.30. The molecule has 2 aromatic carbocycles. The number of alkyl halides is 2. The molecule has 3 atom stereocenters. The van der Waals surface area contributed by atoms with Crippen LogP contribution in [0.1, 0.15) is 30.5 Å². The van der Waals surface area contributed by atoms with Crippen LogP contribution in [0.3, 0.4) is 0 Å². The van der Waals surface area contributed by atoms with Crippen LogP contribution >= 0.6 is 0 Å². The zero-order valence-electron chi connectivity index (χ0n) is 17.4. The molecule has 0 radical (unpaired) electrons. The van der Waals surface area contributed by atoms with Crippen molar-refractivity contribution in [3.8, 4) is 17.2 Å². The molecular weight excluding hydrogens is 392 g/mol. The van der Waals surface area contributed by atoms with E-state index in [4.69, 9.17) is 14.2 Å². The van der Waals surface area contributed by atoms with Crippen molar-refractivity contribution in [3.05, 3.63) is 53.6 Å². The van der Waals surface area contributed by atoms with Crippen molar-refractivity contribution in [2.24, 2.45) is 5.92 Å². The molecule has 0 bridgehead atoms. The lowest BCUT2D eigenvalue weighted by atomic mass is 9.97. The molecule has 0 aliphatic carbocycles. The van der Waals surface area contributed by atoms with Crippen molar-refractivity contribution in [1.29, 1.82) is 0 Å². The van der Waals surface area contributed by atoms with Crippen molar-refractivity contribution < 1.29 is 27.8 Å². The Kier molecular flexibility index (Phi) is 7.26. The Hall–Kier alpha value is -2.67. The van der Waals surface area contributed by atoms with Gasteiger partial charge in [-0.15, -0.1) is 0 Å². The summed E-state index contributed by atoms with van der Waals surface area (Å²) in [7, 11) is 3.24. The topological polar surface area (TPSA) is 48.0 Å². The Morgan fingerprint density at radius 2 is 1.73 bits per heavy atom. The number of nitrogens with zero attached hydrogens (tertiary/aromatic N) is 1. The minimum absolute atomic E-state index is 0.0592. The summed E-state index contributed by atoms with van der Waals surface area (Å²) in [6.07, 6.45) is -0.733. The van der Waals surface area contributed by atoms with Crippen LogP contribution in [0, 0.1) is 5.92 Å².